The van der Waals surface area contributed by atoms with Crippen molar-refractivity contribution < 1.29 is 13.2 Å². The van der Waals surface area contributed by atoms with Crippen LogP contribution in [0.4, 0.5) is 0 Å². The number of nitrogens with one attached hydrogen (secondary N) is 1. The molecule has 0 aromatic carbocycles. The lowest BCUT2D eigenvalue weighted by Crippen LogP contribution is -2.07. The van der Waals surface area contributed by atoms with Gasteiger partial charge in [-0.1, -0.05) is 19.9 Å². The molecule has 0 aliphatic carbocycles. The third-order valence-electron chi connectivity index (χ3n) is 2.57. The van der Waals surface area contributed by atoms with Gasteiger partial charge in [-0.25, -0.2) is 18.4 Å². The van der Waals surface area contributed by atoms with Gasteiger partial charge in [0.25, 0.3) is 0 Å². The fraction of sp³-hybridized carbons (Fsp3) is 0.385. The van der Waals surface area contributed by atoms with Gasteiger partial charge in [-0.05, 0) is 12.8 Å². The van der Waals surface area contributed by atoms with Crippen molar-refractivity contribution in [1.82, 2.24) is 15.0 Å². The summed E-state index contributed by atoms with van der Waals surface area (Å²) in [5, 5.41) is 1.54. The molecule has 0 fully saturated rings. The molecule has 0 spiro atoms. The van der Waals surface area contributed by atoms with E-state index in [1.807, 2.05) is 13.8 Å². The third kappa shape index (κ3) is 2.82. The van der Waals surface area contributed by atoms with Crippen molar-refractivity contribution in [3.63, 3.8) is 0 Å². The summed E-state index contributed by atoms with van der Waals surface area (Å²) in [5.74, 6) is 0.600. The van der Waals surface area contributed by atoms with Crippen LogP contribution >= 0.6 is 0 Å². The van der Waals surface area contributed by atoms with Crippen LogP contribution in [0.15, 0.2) is 28.9 Å². The van der Waals surface area contributed by atoms with E-state index in [1.165, 1.54) is 18.6 Å². The molecule has 2 aromatic heterocycles. The molecule has 0 bridgehead atoms. The van der Waals surface area contributed by atoms with Gasteiger partial charge in [-0.15, -0.1) is 0 Å². The number of fused-ring (bicyclic) bond motifs is 1. The number of allylic oxidation sites excluding steroid dienone is 1. The molecule has 0 saturated carbocycles. The molecule has 2 heterocycles. The minimum Gasteiger partial charge on any atom is -0.477 e. The quantitative estimate of drug-likeness (QED) is 0.914. The summed E-state index contributed by atoms with van der Waals surface area (Å²) >= 11 is 0. The maximum Gasteiger partial charge on any atom is 0.227 e. The molecule has 2 rings (SSSR count). The molecule has 2 aromatic rings. The van der Waals surface area contributed by atoms with Gasteiger partial charge in [0.1, 0.15) is 16.9 Å². The van der Waals surface area contributed by atoms with E-state index in [4.69, 9.17) is 4.74 Å². The number of hydrogen-bond acceptors (Lipinski definition) is 5. The number of H-pyrrole nitrogens is 1. The zero-order chi connectivity index (χ0) is 14.8. The van der Waals surface area contributed by atoms with E-state index in [0.29, 0.717) is 23.6 Å². The minimum atomic E-state index is -3.53. The predicted octanol–water partition coefficient (Wildman–Crippen LogP) is 2.30. The van der Waals surface area contributed by atoms with Crippen LogP contribution in [-0.4, -0.2) is 30.0 Å². The lowest BCUT2D eigenvalue weighted by molar-refractivity contribution is 0.264. The SMILES string of the molecule is C/C=C/S(=O)(=O)c1c[nH]c2ncnc(OCC(C)C)c12. The van der Waals surface area contributed by atoms with Crippen molar-refractivity contribution in [2.75, 3.05) is 6.61 Å². The van der Waals surface area contributed by atoms with E-state index < -0.39 is 9.84 Å². The Morgan fingerprint density at radius 3 is 2.80 bits per heavy atom. The molecule has 108 valence electrons. The van der Waals surface area contributed by atoms with Crippen molar-refractivity contribution >= 4 is 20.9 Å². The molecular formula is C13H17N3O3S. The molecule has 0 saturated heterocycles. The van der Waals surface area contributed by atoms with Gasteiger partial charge in [0.15, 0.2) is 0 Å². The maximum absolute atomic E-state index is 12.2. The number of ether oxygens (including phenoxy) is 1. The fourth-order valence-corrected chi connectivity index (χ4v) is 2.94. The van der Waals surface area contributed by atoms with Crippen LogP contribution in [0.2, 0.25) is 0 Å². The lowest BCUT2D eigenvalue weighted by Gasteiger charge is -2.08. The van der Waals surface area contributed by atoms with Crippen molar-refractivity contribution in [2.24, 2.45) is 5.92 Å². The van der Waals surface area contributed by atoms with Crippen LogP contribution in [-0.2, 0) is 9.84 Å². The molecule has 7 heteroatoms. The first-order chi connectivity index (χ1) is 9.45. The molecule has 20 heavy (non-hydrogen) atoms. The first kappa shape index (κ1) is 14.5. The number of rotatable bonds is 5. The molecule has 0 aliphatic rings. The van der Waals surface area contributed by atoms with E-state index in [0.717, 1.165) is 5.41 Å². The summed E-state index contributed by atoms with van der Waals surface area (Å²) in [5.41, 5.74) is 0.446. The second-order valence-corrected chi connectivity index (χ2v) is 6.58. The van der Waals surface area contributed by atoms with Gasteiger partial charge in [-0.3, -0.25) is 0 Å². The molecule has 6 nitrogen and oxygen atoms in total. The van der Waals surface area contributed by atoms with Gasteiger partial charge in [0.2, 0.25) is 15.7 Å². The van der Waals surface area contributed by atoms with Gasteiger partial charge in [0, 0.05) is 11.6 Å². The Labute approximate surface area is 117 Å². The average Bonchev–Trinajstić information content (AvgIpc) is 2.81. The van der Waals surface area contributed by atoms with E-state index in [2.05, 4.69) is 15.0 Å². The van der Waals surface area contributed by atoms with Crippen LogP contribution in [0.3, 0.4) is 0 Å². The van der Waals surface area contributed by atoms with E-state index >= 15 is 0 Å². The van der Waals surface area contributed by atoms with Gasteiger partial charge < -0.3 is 9.72 Å². The first-order valence-electron chi connectivity index (χ1n) is 6.28. The number of aromatic nitrogens is 3. The monoisotopic (exact) mass is 295 g/mol. The summed E-state index contributed by atoms with van der Waals surface area (Å²) in [7, 11) is -3.53. The predicted molar refractivity (Wildman–Crippen MR) is 76.2 cm³/mol. The summed E-state index contributed by atoms with van der Waals surface area (Å²) in [4.78, 5) is 11.0. The second-order valence-electron chi connectivity index (χ2n) is 4.77. The molecule has 0 unspecified atom stereocenters. The Hall–Kier alpha value is -1.89. The van der Waals surface area contributed by atoms with E-state index in [1.54, 1.807) is 6.92 Å². The normalized spacial score (nSPS) is 12.6. The van der Waals surface area contributed by atoms with E-state index in [9.17, 15) is 8.42 Å². The first-order valence-corrected chi connectivity index (χ1v) is 7.83. The molecule has 0 radical (unpaired) electrons. The maximum atomic E-state index is 12.2. The molecule has 1 N–H and O–H groups in total. The lowest BCUT2D eigenvalue weighted by atomic mass is 10.2. The number of hydrogen-bond donors (Lipinski definition) is 1. The molecule has 0 aliphatic heterocycles. The minimum absolute atomic E-state index is 0.130. The van der Waals surface area contributed by atoms with Crippen LogP contribution < -0.4 is 4.74 Å². The van der Waals surface area contributed by atoms with Gasteiger partial charge in [-0.2, -0.15) is 0 Å². The largest absolute Gasteiger partial charge is 0.477 e. The van der Waals surface area contributed by atoms with E-state index in [-0.39, 0.29) is 10.8 Å². The van der Waals surface area contributed by atoms with Crippen LogP contribution in [0.5, 0.6) is 5.88 Å². The highest BCUT2D eigenvalue weighted by Gasteiger charge is 2.21. The zero-order valence-corrected chi connectivity index (χ0v) is 12.4. The zero-order valence-electron chi connectivity index (χ0n) is 11.6. The Bertz CT molecular complexity index is 732. The highest BCUT2D eigenvalue weighted by molar-refractivity contribution is 7.94. The third-order valence-corrected chi connectivity index (χ3v) is 4.14. The summed E-state index contributed by atoms with van der Waals surface area (Å²) in [6, 6.07) is 0. The Morgan fingerprint density at radius 1 is 1.40 bits per heavy atom. The topological polar surface area (TPSA) is 84.9 Å². The smallest absolute Gasteiger partial charge is 0.227 e. The van der Waals surface area contributed by atoms with Gasteiger partial charge in [0.05, 0.1) is 12.0 Å². The molecule has 0 amide bonds. The Morgan fingerprint density at radius 2 is 2.15 bits per heavy atom. The average molecular weight is 295 g/mol. The second kappa shape index (κ2) is 5.62. The Kier molecular flexibility index (Phi) is 4.08. The van der Waals surface area contributed by atoms with Crippen molar-refractivity contribution in [1.29, 1.82) is 0 Å². The van der Waals surface area contributed by atoms with Gasteiger partial charge >= 0.3 is 0 Å². The van der Waals surface area contributed by atoms with Crippen molar-refractivity contribution in [3.05, 3.63) is 24.0 Å². The summed E-state index contributed by atoms with van der Waals surface area (Å²) in [6.45, 7) is 6.12. The van der Waals surface area contributed by atoms with Crippen LogP contribution in [0.25, 0.3) is 11.0 Å². The summed E-state index contributed by atoms with van der Waals surface area (Å²) in [6.07, 6.45) is 4.24. The fourth-order valence-electron chi connectivity index (χ4n) is 1.74. The highest BCUT2D eigenvalue weighted by Crippen LogP contribution is 2.29. The van der Waals surface area contributed by atoms with Crippen molar-refractivity contribution in [2.45, 2.75) is 25.7 Å². The number of aromatic amines is 1. The summed E-state index contributed by atoms with van der Waals surface area (Å²) < 4.78 is 30.0. The number of nitrogens with zero attached hydrogens (tertiary/aromatic N) is 2. The Balaban J connectivity index is 2.58. The molecular weight excluding hydrogens is 278 g/mol. The number of sulfone groups is 1. The molecule has 0 atom stereocenters. The highest BCUT2D eigenvalue weighted by atomic mass is 32.2. The standard InChI is InChI=1S/C13H17N3O3S/c1-4-5-20(17,18)10-6-14-12-11(10)13(16-8-15-12)19-7-9(2)3/h4-6,8-9H,7H2,1-3H3,(H,14,15,16)/b5-4+. The van der Waals surface area contributed by atoms with Crippen molar-refractivity contribution in [3.8, 4) is 5.88 Å². The van der Waals surface area contributed by atoms with Crippen LogP contribution in [0, 0.1) is 5.92 Å². The van der Waals surface area contributed by atoms with Crippen LogP contribution in [0.1, 0.15) is 20.8 Å².